The molecule has 4 rings (SSSR count). The number of hydrogen-bond acceptors (Lipinski definition) is 6. The zero-order valence-electron chi connectivity index (χ0n) is 16.8. The summed E-state index contributed by atoms with van der Waals surface area (Å²) in [6, 6.07) is 18.7. The summed E-state index contributed by atoms with van der Waals surface area (Å²) < 4.78 is 0. The van der Waals surface area contributed by atoms with E-state index in [0.29, 0.717) is 25.9 Å². The van der Waals surface area contributed by atoms with Gasteiger partial charge >= 0.3 is 0 Å². The van der Waals surface area contributed by atoms with Crippen LogP contribution in [0.2, 0.25) is 0 Å². The second-order valence-electron chi connectivity index (χ2n) is 7.52. The van der Waals surface area contributed by atoms with E-state index in [1.807, 2.05) is 60.7 Å². The van der Waals surface area contributed by atoms with E-state index in [2.05, 4.69) is 10.6 Å². The molecule has 0 saturated carbocycles. The summed E-state index contributed by atoms with van der Waals surface area (Å²) in [5.74, 6) is 0. The molecular weight excluding hydrogens is 427 g/mol. The molecule has 0 aromatic heterocycles. The monoisotopic (exact) mass is 458 g/mol. The second kappa shape index (κ2) is 12.0. The fourth-order valence-corrected chi connectivity index (χ4v) is 3.83. The molecule has 6 N–H and O–H groups in total. The molecule has 0 spiro atoms. The minimum atomic E-state index is -1.08. The third kappa shape index (κ3) is 5.93. The van der Waals surface area contributed by atoms with Crippen LogP contribution in [0.5, 0.6) is 0 Å². The quantitative estimate of drug-likeness (QED) is 0.405. The summed E-state index contributed by atoms with van der Waals surface area (Å²) in [6.07, 6.45) is -0.339. The van der Waals surface area contributed by atoms with Gasteiger partial charge in [0.05, 0.1) is 12.2 Å². The number of hydrogen-bond donors (Lipinski definition) is 6. The summed E-state index contributed by atoms with van der Waals surface area (Å²) in [4.78, 5) is 0. The molecule has 168 valence electrons. The van der Waals surface area contributed by atoms with Gasteiger partial charge < -0.3 is 31.1 Å². The van der Waals surface area contributed by atoms with Gasteiger partial charge in [0.2, 0.25) is 0 Å². The van der Waals surface area contributed by atoms with Crippen LogP contribution in [0.3, 0.4) is 0 Å². The first-order valence-corrected chi connectivity index (χ1v) is 9.80. The minimum absolute atomic E-state index is 0. The molecule has 8 heteroatoms. The summed E-state index contributed by atoms with van der Waals surface area (Å²) in [7, 11) is 0. The van der Waals surface area contributed by atoms with Crippen LogP contribution in [0.15, 0.2) is 60.7 Å². The molecule has 6 nitrogen and oxygen atoms in total. The van der Waals surface area contributed by atoms with Crippen LogP contribution < -0.4 is 10.6 Å². The van der Waals surface area contributed by atoms with E-state index in [9.17, 15) is 20.4 Å². The number of halogens is 2. The van der Waals surface area contributed by atoms with Crippen LogP contribution in [0.4, 0.5) is 0 Å². The number of benzene rings is 2. The molecule has 0 bridgehead atoms. The molecule has 2 aliphatic heterocycles. The van der Waals surface area contributed by atoms with Crippen molar-refractivity contribution in [2.24, 2.45) is 0 Å². The van der Waals surface area contributed by atoms with Crippen LogP contribution in [0, 0.1) is 0 Å². The van der Waals surface area contributed by atoms with E-state index < -0.39 is 23.4 Å². The number of aliphatic hydroxyl groups excluding tert-OH is 2. The van der Waals surface area contributed by atoms with Crippen molar-refractivity contribution in [2.75, 3.05) is 26.2 Å². The van der Waals surface area contributed by atoms with Crippen molar-refractivity contribution in [3.05, 3.63) is 71.8 Å². The molecular formula is C22H32Cl2N2O4. The molecule has 2 fully saturated rings. The third-order valence-corrected chi connectivity index (χ3v) is 5.69. The van der Waals surface area contributed by atoms with Crippen molar-refractivity contribution < 1.29 is 20.4 Å². The minimum Gasteiger partial charge on any atom is -0.388 e. The van der Waals surface area contributed by atoms with Crippen LogP contribution in [0.1, 0.15) is 24.0 Å². The van der Waals surface area contributed by atoms with E-state index in [-0.39, 0.29) is 24.8 Å². The van der Waals surface area contributed by atoms with Gasteiger partial charge in [0.1, 0.15) is 11.2 Å². The number of piperidine rings is 2. The molecule has 0 amide bonds. The van der Waals surface area contributed by atoms with Gasteiger partial charge in [-0.05, 0) is 37.1 Å². The number of aliphatic hydroxyl groups is 4. The predicted octanol–water partition coefficient (Wildman–Crippen LogP) is 1.30. The zero-order valence-corrected chi connectivity index (χ0v) is 18.4. The molecule has 0 unspecified atom stereocenters. The van der Waals surface area contributed by atoms with Gasteiger partial charge in [-0.3, -0.25) is 0 Å². The van der Waals surface area contributed by atoms with E-state index >= 15 is 0 Å². The highest BCUT2D eigenvalue weighted by Gasteiger charge is 2.40. The average Bonchev–Trinajstić information content (AvgIpc) is 2.74. The summed E-state index contributed by atoms with van der Waals surface area (Å²) in [5.41, 5.74) is -0.554. The topological polar surface area (TPSA) is 105 Å². The Labute approximate surface area is 190 Å². The fourth-order valence-electron chi connectivity index (χ4n) is 3.83. The fraction of sp³-hybridized carbons (Fsp3) is 0.455. The highest BCUT2D eigenvalue weighted by atomic mass is 35.5. The zero-order chi connectivity index (χ0) is 20.0. The van der Waals surface area contributed by atoms with Crippen molar-refractivity contribution in [2.45, 2.75) is 36.3 Å². The molecule has 2 heterocycles. The Balaban J connectivity index is 0.000000281. The van der Waals surface area contributed by atoms with Gasteiger partial charge in [-0.2, -0.15) is 0 Å². The number of nitrogens with one attached hydrogen (secondary N) is 2. The summed E-state index contributed by atoms with van der Waals surface area (Å²) in [5, 5.41) is 46.3. The molecule has 2 aromatic carbocycles. The molecule has 4 atom stereocenters. The Bertz CT molecular complexity index is 677. The van der Waals surface area contributed by atoms with Crippen molar-refractivity contribution in [1.29, 1.82) is 0 Å². The maximum absolute atomic E-state index is 10.3. The van der Waals surface area contributed by atoms with Gasteiger partial charge in [0.25, 0.3) is 0 Å². The van der Waals surface area contributed by atoms with E-state index in [1.165, 1.54) is 0 Å². The largest absolute Gasteiger partial charge is 0.388 e. The van der Waals surface area contributed by atoms with Gasteiger partial charge in [0, 0.05) is 13.1 Å². The lowest BCUT2D eigenvalue weighted by molar-refractivity contribution is -0.0977. The van der Waals surface area contributed by atoms with Crippen LogP contribution in [-0.2, 0) is 11.2 Å². The Kier molecular flexibility index (Phi) is 10.7. The van der Waals surface area contributed by atoms with Crippen molar-refractivity contribution in [1.82, 2.24) is 10.6 Å². The Hall–Kier alpha value is -1.22. The van der Waals surface area contributed by atoms with Crippen LogP contribution >= 0.6 is 24.8 Å². The normalized spacial score (nSPS) is 30.7. The standard InChI is InChI=1S/2C11H15NO2.2ClH/c2*13-10-8-12-7-6-11(10,14)9-4-2-1-3-5-9;;/h2*1-5,10,12-14H,6-8H2;2*1H/t2*10-,11-;;/m10../s1. The number of rotatable bonds is 2. The summed E-state index contributed by atoms with van der Waals surface area (Å²) >= 11 is 0. The molecule has 2 aromatic rings. The van der Waals surface area contributed by atoms with Crippen molar-refractivity contribution >= 4 is 24.8 Å². The van der Waals surface area contributed by atoms with Gasteiger partial charge in [-0.1, -0.05) is 60.7 Å². The highest BCUT2D eigenvalue weighted by molar-refractivity contribution is 5.85. The van der Waals surface area contributed by atoms with Crippen molar-refractivity contribution in [3.8, 4) is 0 Å². The van der Waals surface area contributed by atoms with Gasteiger partial charge in [0.15, 0.2) is 0 Å². The lowest BCUT2D eigenvalue weighted by Crippen LogP contribution is -2.51. The number of β-amino-alcohol motifs (C(OH)–C–C–N with tert-alkyl or cyclic N) is 2. The first kappa shape index (κ1) is 26.8. The third-order valence-electron chi connectivity index (χ3n) is 5.69. The van der Waals surface area contributed by atoms with Crippen molar-refractivity contribution in [3.63, 3.8) is 0 Å². The van der Waals surface area contributed by atoms with Gasteiger partial charge in [-0.25, -0.2) is 0 Å². The molecule has 0 aliphatic carbocycles. The average molecular weight is 459 g/mol. The van der Waals surface area contributed by atoms with Crippen LogP contribution in [0.25, 0.3) is 0 Å². The van der Waals surface area contributed by atoms with Gasteiger partial charge in [-0.15, -0.1) is 24.8 Å². The first-order chi connectivity index (χ1) is 13.5. The summed E-state index contributed by atoms with van der Waals surface area (Å²) in [6.45, 7) is 2.38. The Morgan fingerprint density at radius 1 is 0.633 bits per heavy atom. The smallest absolute Gasteiger partial charge is 0.118 e. The maximum atomic E-state index is 10.3. The predicted molar refractivity (Wildman–Crippen MR) is 122 cm³/mol. The highest BCUT2D eigenvalue weighted by Crippen LogP contribution is 2.31. The lowest BCUT2D eigenvalue weighted by atomic mass is 9.83. The van der Waals surface area contributed by atoms with Crippen LogP contribution in [-0.4, -0.2) is 58.8 Å². The first-order valence-electron chi connectivity index (χ1n) is 9.80. The second-order valence-corrected chi connectivity index (χ2v) is 7.52. The van der Waals surface area contributed by atoms with E-state index in [4.69, 9.17) is 0 Å². The lowest BCUT2D eigenvalue weighted by Gasteiger charge is -2.37. The van der Waals surface area contributed by atoms with E-state index in [1.54, 1.807) is 0 Å². The molecule has 0 radical (unpaired) electrons. The molecule has 30 heavy (non-hydrogen) atoms. The SMILES string of the molecule is Cl.Cl.O[C@@H]1CNCC[C@@]1(O)c1ccccc1.O[C@H]1CNCC[C@]1(O)c1ccccc1. The molecule has 2 saturated heterocycles. The maximum Gasteiger partial charge on any atom is 0.118 e. The molecule has 2 aliphatic rings. The van der Waals surface area contributed by atoms with E-state index in [0.717, 1.165) is 24.2 Å². The Morgan fingerprint density at radius 2 is 0.967 bits per heavy atom. The Morgan fingerprint density at radius 3 is 1.27 bits per heavy atom.